The van der Waals surface area contributed by atoms with Crippen LogP contribution in [0, 0.1) is 0 Å². The molecule has 3 rings (SSSR count). The Morgan fingerprint density at radius 3 is 2.64 bits per heavy atom. The van der Waals surface area contributed by atoms with Crippen molar-refractivity contribution >= 4 is 15.7 Å². The third-order valence-corrected chi connectivity index (χ3v) is 6.30. The maximum absolute atomic E-state index is 12.8. The van der Waals surface area contributed by atoms with E-state index < -0.39 is 9.84 Å². The Hall–Kier alpha value is -2.15. The first-order chi connectivity index (χ1) is 11.9. The predicted octanol–water partition coefficient (Wildman–Crippen LogP) is 1.57. The van der Waals surface area contributed by atoms with Gasteiger partial charge in [-0.3, -0.25) is 9.48 Å². The molecule has 1 amide bonds. The average molecular weight is 361 g/mol. The molecule has 2 heterocycles. The number of hydrogen-bond acceptors (Lipinski definition) is 4. The summed E-state index contributed by atoms with van der Waals surface area (Å²) in [5.74, 6) is 0.229. The number of amides is 1. The first-order valence-corrected chi connectivity index (χ1v) is 10.3. The molecule has 7 heteroatoms. The lowest BCUT2D eigenvalue weighted by molar-refractivity contribution is -0.133. The molecule has 0 spiro atoms. The highest BCUT2D eigenvalue weighted by Gasteiger charge is 2.34. The lowest BCUT2D eigenvalue weighted by Gasteiger charge is -2.28. The number of benzene rings is 1. The van der Waals surface area contributed by atoms with Crippen molar-refractivity contribution in [3.8, 4) is 0 Å². The summed E-state index contributed by atoms with van der Waals surface area (Å²) >= 11 is 0. The lowest BCUT2D eigenvalue weighted by Crippen LogP contribution is -2.40. The number of carbonyl (C=O) groups excluding carboxylic acids is 1. The fourth-order valence-electron chi connectivity index (χ4n) is 3.22. The molecule has 1 aliphatic rings. The van der Waals surface area contributed by atoms with Crippen LogP contribution in [0.5, 0.6) is 0 Å². The van der Waals surface area contributed by atoms with E-state index in [1.54, 1.807) is 15.8 Å². The predicted molar refractivity (Wildman–Crippen MR) is 95.6 cm³/mol. The van der Waals surface area contributed by atoms with Crippen LogP contribution in [0.2, 0.25) is 0 Å². The van der Waals surface area contributed by atoms with Gasteiger partial charge in [0, 0.05) is 32.3 Å². The number of carbonyl (C=O) groups is 1. The van der Waals surface area contributed by atoms with Gasteiger partial charge in [0.05, 0.1) is 17.7 Å². The van der Waals surface area contributed by atoms with Gasteiger partial charge in [-0.05, 0) is 24.0 Å². The van der Waals surface area contributed by atoms with E-state index in [4.69, 9.17) is 0 Å². The Morgan fingerprint density at radius 2 is 2.04 bits per heavy atom. The van der Waals surface area contributed by atoms with Crippen molar-refractivity contribution < 1.29 is 13.2 Å². The fourth-order valence-corrected chi connectivity index (χ4v) is 4.95. The first kappa shape index (κ1) is 17.7. The Morgan fingerprint density at radius 1 is 1.28 bits per heavy atom. The van der Waals surface area contributed by atoms with E-state index >= 15 is 0 Å². The van der Waals surface area contributed by atoms with Gasteiger partial charge in [0.2, 0.25) is 5.91 Å². The van der Waals surface area contributed by atoms with E-state index in [9.17, 15) is 13.2 Å². The summed E-state index contributed by atoms with van der Waals surface area (Å²) in [4.78, 5) is 14.6. The van der Waals surface area contributed by atoms with Crippen LogP contribution in [0.25, 0.3) is 0 Å². The van der Waals surface area contributed by atoms with Gasteiger partial charge in [0.25, 0.3) is 0 Å². The third-order valence-electron chi connectivity index (χ3n) is 4.55. The monoisotopic (exact) mass is 361 g/mol. The number of hydrogen-bond donors (Lipinski definition) is 0. The van der Waals surface area contributed by atoms with Crippen molar-refractivity contribution in [1.82, 2.24) is 14.7 Å². The van der Waals surface area contributed by atoms with Gasteiger partial charge < -0.3 is 4.90 Å². The standard InChI is InChI=1S/C18H23N3O3S/c1-20-12-16(11-19-20)7-8-18(22)21(13-15-5-3-2-4-6-15)17-9-10-25(23,24)14-17/h2-6,11-12,17H,7-10,13-14H2,1H3/t17-/m0/s1. The van der Waals surface area contributed by atoms with Gasteiger partial charge >= 0.3 is 0 Å². The van der Waals surface area contributed by atoms with E-state index in [0.29, 0.717) is 25.8 Å². The summed E-state index contributed by atoms with van der Waals surface area (Å²) in [7, 11) is -1.19. The van der Waals surface area contributed by atoms with Gasteiger partial charge in [-0.1, -0.05) is 30.3 Å². The largest absolute Gasteiger partial charge is 0.334 e. The van der Waals surface area contributed by atoms with Crippen LogP contribution in [0.15, 0.2) is 42.7 Å². The van der Waals surface area contributed by atoms with Crippen LogP contribution in [0.4, 0.5) is 0 Å². The van der Waals surface area contributed by atoms with Crippen molar-refractivity contribution in [2.24, 2.45) is 7.05 Å². The van der Waals surface area contributed by atoms with E-state index in [2.05, 4.69) is 5.10 Å². The number of nitrogens with zero attached hydrogens (tertiary/aromatic N) is 3. The minimum atomic E-state index is -3.04. The molecule has 0 unspecified atom stereocenters. The molecule has 134 valence electrons. The van der Waals surface area contributed by atoms with E-state index in [-0.39, 0.29) is 23.5 Å². The summed E-state index contributed by atoms with van der Waals surface area (Å²) in [6.07, 6.45) is 5.14. The second-order valence-corrected chi connectivity index (χ2v) is 8.82. The molecular weight excluding hydrogens is 338 g/mol. The highest BCUT2D eigenvalue weighted by atomic mass is 32.2. The van der Waals surface area contributed by atoms with Crippen LogP contribution in [-0.4, -0.2) is 46.6 Å². The number of aryl methyl sites for hydroxylation is 2. The van der Waals surface area contributed by atoms with Crippen LogP contribution in [0.3, 0.4) is 0 Å². The van der Waals surface area contributed by atoms with Crippen LogP contribution >= 0.6 is 0 Å². The molecule has 0 N–H and O–H groups in total. The van der Waals surface area contributed by atoms with Crippen LogP contribution < -0.4 is 0 Å². The number of rotatable bonds is 6. The zero-order valence-corrected chi connectivity index (χ0v) is 15.2. The van der Waals surface area contributed by atoms with Gasteiger partial charge in [-0.25, -0.2) is 8.42 Å². The molecular formula is C18H23N3O3S. The molecule has 2 aromatic rings. The molecule has 1 aromatic heterocycles. The molecule has 1 aliphatic heterocycles. The highest BCUT2D eigenvalue weighted by Crippen LogP contribution is 2.21. The summed E-state index contributed by atoms with van der Waals surface area (Å²) in [5, 5.41) is 4.12. The topological polar surface area (TPSA) is 72.3 Å². The van der Waals surface area contributed by atoms with Crippen LogP contribution in [-0.2, 0) is 34.6 Å². The van der Waals surface area contributed by atoms with Crippen LogP contribution in [0.1, 0.15) is 24.0 Å². The quantitative estimate of drug-likeness (QED) is 0.783. The third kappa shape index (κ3) is 4.69. The zero-order valence-electron chi connectivity index (χ0n) is 14.3. The maximum Gasteiger partial charge on any atom is 0.223 e. The van der Waals surface area contributed by atoms with Gasteiger partial charge in [-0.2, -0.15) is 5.10 Å². The Balaban J connectivity index is 1.71. The smallest absolute Gasteiger partial charge is 0.223 e. The molecule has 6 nitrogen and oxygen atoms in total. The Bertz CT molecular complexity index is 830. The zero-order chi connectivity index (χ0) is 17.9. The van der Waals surface area contributed by atoms with Gasteiger partial charge in [0.15, 0.2) is 9.84 Å². The van der Waals surface area contributed by atoms with E-state index in [1.807, 2.05) is 43.6 Å². The van der Waals surface area contributed by atoms with Crippen molar-refractivity contribution in [3.05, 3.63) is 53.9 Å². The minimum Gasteiger partial charge on any atom is -0.334 e. The van der Waals surface area contributed by atoms with Crippen molar-refractivity contribution in [1.29, 1.82) is 0 Å². The van der Waals surface area contributed by atoms with Gasteiger partial charge in [0.1, 0.15) is 0 Å². The second-order valence-electron chi connectivity index (χ2n) is 6.59. The highest BCUT2D eigenvalue weighted by molar-refractivity contribution is 7.91. The van der Waals surface area contributed by atoms with Crippen molar-refractivity contribution in [2.75, 3.05) is 11.5 Å². The summed E-state index contributed by atoms with van der Waals surface area (Å²) in [6, 6.07) is 9.48. The molecule has 1 fully saturated rings. The molecule has 1 aromatic carbocycles. The Labute approximate surface area is 148 Å². The molecule has 0 bridgehead atoms. The Kier molecular flexibility index (Phi) is 5.22. The molecule has 1 saturated heterocycles. The van der Waals surface area contributed by atoms with Crippen molar-refractivity contribution in [2.45, 2.75) is 31.8 Å². The molecule has 1 atom stereocenters. The number of aromatic nitrogens is 2. The summed E-state index contributed by atoms with van der Waals surface area (Å²) in [5.41, 5.74) is 2.02. The minimum absolute atomic E-state index is 0.00481. The number of sulfone groups is 1. The van der Waals surface area contributed by atoms with Crippen molar-refractivity contribution in [3.63, 3.8) is 0 Å². The molecule has 25 heavy (non-hydrogen) atoms. The molecule has 0 aliphatic carbocycles. The molecule has 0 radical (unpaired) electrons. The average Bonchev–Trinajstić information content (AvgIpc) is 3.16. The lowest BCUT2D eigenvalue weighted by atomic mass is 10.1. The maximum atomic E-state index is 12.8. The first-order valence-electron chi connectivity index (χ1n) is 8.44. The normalized spacial score (nSPS) is 19.0. The summed E-state index contributed by atoms with van der Waals surface area (Å²) < 4.78 is 25.4. The van der Waals surface area contributed by atoms with E-state index in [1.165, 1.54) is 0 Å². The fraction of sp³-hybridized carbons (Fsp3) is 0.444. The SMILES string of the molecule is Cn1cc(CCC(=O)N(Cc2ccccc2)[C@H]2CCS(=O)(=O)C2)cn1. The second kappa shape index (κ2) is 7.39. The van der Waals surface area contributed by atoms with Gasteiger partial charge in [-0.15, -0.1) is 0 Å². The van der Waals surface area contributed by atoms with E-state index in [0.717, 1.165) is 11.1 Å². The molecule has 0 saturated carbocycles. The summed E-state index contributed by atoms with van der Waals surface area (Å²) in [6.45, 7) is 0.451.